The number of alkyl halides is 1. The summed E-state index contributed by atoms with van der Waals surface area (Å²) in [6.45, 7) is 6.17. The monoisotopic (exact) mass is 502 g/mol. The van der Waals surface area contributed by atoms with Crippen molar-refractivity contribution in [3.8, 4) is 0 Å². The first-order valence-corrected chi connectivity index (χ1v) is 13.2. The molecule has 3 saturated carbocycles. The number of ketones is 1. The zero-order chi connectivity index (χ0) is 25.1. The summed E-state index contributed by atoms with van der Waals surface area (Å²) in [7, 11) is 0. The molecule has 0 spiro atoms. The fourth-order valence-electron chi connectivity index (χ4n) is 8.03. The van der Waals surface area contributed by atoms with Crippen molar-refractivity contribution >= 4 is 28.6 Å². The lowest BCUT2D eigenvalue weighted by Gasteiger charge is -2.58. The van der Waals surface area contributed by atoms with Crippen molar-refractivity contribution in [1.29, 1.82) is 0 Å². The molecule has 0 bridgehead atoms. The molecule has 0 saturated heterocycles. The number of esters is 1. The fourth-order valence-corrected chi connectivity index (χ4v) is 8.81. The molecule has 4 aliphatic carbocycles. The molecule has 3 fully saturated rings. The van der Waals surface area contributed by atoms with Crippen LogP contribution >= 0.6 is 11.8 Å². The Morgan fingerprint density at radius 3 is 2.80 bits per heavy atom. The third-order valence-electron chi connectivity index (χ3n) is 9.31. The fraction of sp³-hybridized carbons (Fsp3) is 0.593. The van der Waals surface area contributed by atoms with Crippen LogP contribution in [0.3, 0.4) is 0 Å². The van der Waals surface area contributed by atoms with Crippen molar-refractivity contribution in [2.45, 2.75) is 52.6 Å². The van der Waals surface area contributed by atoms with Gasteiger partial charge in [0.1, 0.15) is 12.3 Å². The third kappa shape index (κ3) is 3.75. The first-order chi connectivity index (χ1) is 16.6. The van der Waals surface area contributed by atoms with Crippen LogP contribution in [-0.4, -0.2) is 34.1 Å². The van der Waals surface area contributed by atoms with E-state index in [2.05, 4.69) is 13.8 Å². The summed E-state index contributed by atoms with van der Waals surface area (Å²) in [6.07, 6.45) is 8.03. The predicted octanol–water partition coefficient (Wildman–Crippen LogP) is 5.09. The highest BCUT2D eigenvalue weighted by Gasteiger charge is 2.64. The summed E-state index contributed by atoms with van der Waals surface area (Å²) in [4.78, 5) is 38.2. The van der Waals surface area contributed by atoms with Gasteiger partial charge in [-0.05, 0) is 67.1 Å². The second-order valence-electron chi connectivity index (χ2n) is 11.1. The van der Waals surface area contributed by atoms with Gasteiger partial charge in [-0.3, -0.25) is 9.59 Å². The van der Waals surface area contributed by atoms with Crippen LogP contribution in [0.2, 0.25) is 0 Å². The first-order valence-electron chi connectivity index (χ1n) is 12.2. The molecule has 0 amide bonds. The van der Waals surface area contributed by atoms with Crippen molar-refractivity contribution in [1.82, 2.24) is 0 Å². The Labute approximate surface area is 208 Å². The smallest absolute Gasteiger partial charge is 0.346 e. The molecular formula is C27H31FO6S. The van der Waals surface area contributed by atoms with Gasteiger partial charge >= 0.3 is 5.97 Å². The topological polar surface area (TPSA) is 93.8 Å². The van der Waals surface area contributed by atoms with Crippen LogP contribution in [0.15, 0.2) is 46.5 Å². The molecule has 0 unspecified atom stereocenters. The summed E-state index contributed by atoms with van der Waals surface area (Å²) in [6, 6.07) is 0.741. The molecule has 4 aliphatic rings. The number of aliphatic hydroxyl groups excluding tert-OH is 1. The number of fused-ring (bicyclic) bond motifs is 5. The molecule has 8 atom stereocenters. The van der Waals surface area contributed by atoms with E-state index in [1.54, 1.807) is 12.2 Å². The highest BCUT2D eigenvalue weighted by molar-refractivity contribution is 8.13. The summed E-state index contributed by atoms with van der Waals surface area (Å²) in [5, 5.41) is 11.5. The van der Waals surface area contributed by atoms with Gasteiger partial charge in [0.25, 0.3) is 0 Å². The van der Waals surface area contributed by atoms with Crippen molar-refractivity contribution in [3.63, 3.8) is 0 Å². The van der Waals surface area contributed by atoms with E-state index in [1.807, 2.05) is 6.92 Å². The average Bonchev–Trinajstić information content (AvgIpc) is 3.40. The molecule has 1 aromatic rings. The summed E-state index contributed by atoms with van der Waals surface area (Å²) in [5.41, 5.74) is 0.112. The van der Waals surface area contributed by atoms with Crippen molar-refractivity contribution in [2.75, 3.05) is 6.01 Å². The van der Waals surface area contributed by atoms with Gasteiger partial charge in [-0.25, -0.2) is 9.18 Å². The van der Waals surface area contributed by atoms with Gasteiger partial charge in [0.15, 0.2) is 10.9 Å². The van der Waals surface area contributed by atoms with Crippen LogP contribution in [0, 0.1) is 40.4 Å². The lowest BCUT2D eigenvalue weighted by atomic mass is 9.47. The lowest BCUT2D eigenvalue weighted by molar-refractivity contribution is -0.134. The Morgan fingerprint density at radius 1 is 1.34 bits per heavy atom. The van der Waals surface area contributed by atoms with E-state index in [1.165, 1.54) is 18.6 Å². The highest BCUT2D eigenvalue weighted by atomic mass is 32.2. The predicted molar refractivity (Wildman–Crippen MR) is 128 cm³/mol. The van der Waals surface area contributed by atoms with Crippen LogP contribution in [0.5, 0.6) is 0 Å². The first kappa shape index (κ1) is 24.5. The average molecular weight is 503 g/mol. The van der Waals surface area contributed by atoms with Gasteiger partial charge < -0.3 is 14.3 Å². The zero-order valence-corrected chi connectivity index (χ0v) is 21.0. The quantitative estimate of drug-likeness (QED) is 0.573. The largest absolute Gasteiger partial charge is 0.472 e. The molecule has 1 N–H and O–H groups in total. The van der Waals surface area contributed by atoms with E-state index >= 15 is 0 Å². The molecule has 6 nitrogen and oxygen atoms in total. The molecule has 0 aliphatic heterocycles. The minimum atomic E-state index is -0.733. The van der Waals surface area contributed by atoms with Crippen molar-refractivity contribution in [3.05, 3.63) is 47.6 Å². The van der Waals surface area contributed by atoms with Crippen molar-refractivity contribution < 1.29 is 33.0 Å². The minimum Gasteiger partial charge on any atom is -0.472 e. The zero-order valence-electron chi connectivity index (χ0n) is 20.2. The van der Waals surface area contributed by atoms with E-state index < -0.39 is 28.9 Å². The van der Waals surface area contributed by atoms with Gasteiger partial charge in [0.2, 0.25) is 5.78 Å². The molecule has 188 valence electrons. The number of allylic oxidation sites excluding steroid dienone is 3. The maximum atomic E-state index is 13.0. The Hall–Kier alpha value is -2.19. The number of thioether (sulfide) groups is 1. The van der Waals surface area contributed by atoms with Crippen LogP contribution in [0.1, 0.15) is 56.8 Å². The molecule has 1 heterocycles. The van der Waals surface area contributed by atoms with Crippen LogP contribution in [0.25, 0.3) is 0 Å². The lowest BCUT2D eigenvalue weighted by Crippen LogP contribution is -2.56. The third-order valence-corrected chi connectivity index (χ3v) is 9.96. The van der Waals surface area contributed by atoms with Crippen LogP contribution < -0.4 is 0 Å². The molecule has 5 rings (SSSR count). The number of furan rings is 1. The maximum Gasteiger partial charge on any atom is 0.346 e. The van der Waals surface area contributed by atoms with Crippen LogP contribution in [-0.2, 0) is 14.3 Å². The van der Waals surface area contributed by atoms with Gasteiger partial charge in [-0.2, -0.15) is 0 Å². The van der Waals surface area contributed by atoms with Gasteiger partial charge in [0, 0.05) is 17.3 Å². The summed E-state index contributed by atoms with van der Waals surface area (Å²) in [5.74, 6) is -1.06. The Balaban J connectivity index is 1.48. The number of hydrogen-bond donors (Lipinski definition) is 1. The maximum absolute atomic E-state index is 13.0. The number of rotatable bonds is 4. The molecular weight excluding hydrogens is 471 g/mol. The number of carbonyl (C=O) groups excluding carboxylic acids is 3. The molecule has 1 aromatic heterocycles. The number of ether oxygens (including phenoxy) is 1. The minimum absolute atomic E-state index is 0.0316. The molecule has 0 radical (unpaired) electrons. The normalized spacial score (nSPS) is 40.2. The van der Waals surface area contributed by atoms with Crippen LogP contribution in [0.4, 0.5) is 4.39 Å². The van der Waals surface area contributed by atoms with E-state index in [4.69, 9.17) is 9.15 Å². The SMILES string of the molecule is C[C@@H]1C[C@H]2[C@@H]3CCC4=CC(=O)C(OC(=O)c5ccoc5)=C[C@]4(C)[C@H]3[C@@H](O)C[C@]2(C)[C@H]1C(=O)SCF. The molecule has 35 heavy (non-hydrogen) atoms. The van der Waals surface area contributed by atoms with Gasteiger partial charge in [-0.15, -0.1) is 0 Å². The van der Waals surface area contributed by atoms with Gasteiger partial charge in [-0.1, -0.05) is 38.1 Å². The molecule has 0 aromatic carbocycles. The number of carbonyl (C=O) groups is 3. The van der Waals surface area contributed by atoms with E-state index in [9.17, 15) is 23.9 Å². The summed E-state index contributed by atoms with van der Waals surface area (Å²) >= 11 is 0.741. The Kier molecular flexibility index (Phi) is 6.11. The van der Waals surface area contributed by atoms with E-state index in [0.717, 1.165) is 30.2 Å². The van der Waals surface area contributed by atoms with E-state index in [-0.39, 0.29) is 51.8 Å². The van der Waals surface area contributed by atoms with Gasteiger partial charge in [0.05, 0.1) is 17.9 Å². The van der Waals surface area contributed by atoms with E-state index in [0.29, 0.717) is 12.8 Å². The second-order valence-corrected chi connectivity index (χ2v) is 12.0. The number of aliphatic hydroxyl groups is 1. The Morgan fingerprint density at radius 2 is 2.11 bits per heavy atom. The summed E-state index contributed by atoms with van der Waals surface area (Å²) < 4.78 is 23.4. The highest BCUT2D eigenvalue weighted by Crippen LogP contribution is 2.67. The standard InChI is InChI=1S/C27H31FO6S/c1-14-8-18-17-5-4-16-9-19(29)21(34-24(31)15-6-7-33-12-15)11-26(16,2)23(17)20(30)10-27(18,3)22(14)25(32)35-13-28/h6-7,9,11-12,14,17-18,20,22-23,30H,4-5,8,10,13H2,1-3H3/t14-,17+,18+,20+,22-,23-,26+,27+/m1/s1. The molecule has 8 heteroatoms. The van der Waals surface area contributed by atoms with Crippen molar-refractivity contribution in [2.24, 2.45) is 40.4 Å². The number of halogens is 1. The number of hydrogen-bond acceptors (Lipinski definition) is 7. The Bertz CT molecular complexity index is 1110. The second kappa shape index (κ2) is 8.73.